The Morgan fingerprint density at radius 2 is 1.76 bits per heavy atom. The van der Waals surface area contributed by atoms with Crippen molar-refractivity contribution in [2.75, 3.05) is 0 Å². The fraction of sp³-hybridized carbons (Fsp3) is 0.769. The molecule has 0 atom stereocenters. The highest BCUT2D eigenvalue weighted by Crippen LogP contribution is 2.33. The molecule has 0 saturated heterocycles. The fourth-order valence-corrected chi connectivity index (χ4v) is 2.70. The summed E-state index contributed by atoms with van der Waals surface area (Å²) in [4.78, 5) is 0. The van der Waals surface area contributed by atoms with Crippen LogP contribution in [0.25, 0.3) is 0 Å². The molecule has 0 fully saturated rings. The molecule has 0 radical (unpaired) electrons. The second kappa shape index (κ2) is 5.62. The van der Waals surface area contributed by atoms with E-state index in [1.807, 2.05) is 4.68 Å². The number of hydrogen-bond donors (Lipinski definition) is 0. The van der Waals surface area contributed by atoms with Crippen LogP contribution in [0.1, 0.15) is 64.8 Å². The highest BCUT2D eigenvalue weighted by molar-refractivity contribution is 6.31. The van der Waals surface area contributed by atoms with Gasteiger partial charge in [-0.1, -0.05) is 46.2 Å². The van der Waals surface area contributed by atoms with Crippen LogP contribution in [0, 0.1) is 0 Å². The first-order chi connectivity index (χ1) is 7.86. The van der Waals surface area contributed by atoms with E-state index in [0.717, 1.165) is 24.1 Å². The molecule has 17 heavy (non-hydrogen) atoms. The van der Waals surface area contributed by atoms with E-state index in [9.17, 15) is 0 Å². The van der Waals surface area contributed by atoms with E-state index in [0.29, 0.717) is 17.1 Å². The lowest BCUT2D eigenvalue weighted by Gasteiger charge is -2.17. The van der Waals surface area contributed by atoms with Crippen LogP contribution in [0.2, 0.25) is 5.15 Å². The maximum atomic E-state index is 6.40. The summed E-state index contributed by atoms with van der Waals surface area (Å²) in [5.41, 5.74) is 1.97. The Labute approximate surface area is 114 Å². The molecule has 1 aromatic heterocycles. The van der Waals surface area contributed by atoms with E-state index in [4.69, 9.17) is 28.3 Å². The lowest BCUT2D eigenvalue weighted by atomic mass is 9.90. The molecule has 0 aliphatic rings. The maximum Gasteiger partial charge on any atom is 0.132 e. The van der Waals surface area contributed by atoms with Gasteiger partial charge in [-0.15, -0.1) is 11.6 Å². The Balaban J connectivity index is 3.31. The van der Waals surface area contributed by atoms with Crippen LogP contribution in [0.4, 0.5) is 0 Å². The third-order valence-electron chi connectivity index (χ3n) is 3.08. The summed E-state index contributed by atoms with van der Waals surface area (Å²) in [6.45, 7) is 10.7. The molecule has 4 heteroatoms. The van der Waals surface area contributed by atoms with Crippen LogP contribution in [0.3, 0.4) is 0 Å². The third-order valence-corrected chi connectivity index (χ3v) is 3.74. The van der Waals surface area contributed by atoms with Crippen molar-refractivity contribution < 1.29 is 0 Å². The number of hydrogen-bond acceptors (Lipinski definition) is 1. The fourth-order valence-electron chi connectivity index (χ4n) is 2.05. The second-order valence-electron chi connectivity index (χ2n) is 5.42. The molecule has 1 rings (SSSR count). The number of alkyl halides is 1. The Kier molecular flexibility index (Phi) is 4.91. The molecule has 0 unspecified atom stereocenters. The maximum absolute atomic E-state index is 6.40. The summed E-state index contributed by atoms with van der Waals surface area (Å²) in [7, 11) is 0. The van der Waals surface area contributed by atoms with E-state index >= 15 is 0 Å². The van der Waals surface area contributed by atoms with Crippen molar-refractivity contribution in [3.8, 4) is 0 Å². The average molecular weight is 277 g/mol. The molecule has 1 aromatic rings. The number of rotatable bonds is 4. The van der Waals surface area contributed by atoms with Crippen LogP contribution in [-0.2, 0) is 11.3 Å². The second-order valence-corrected chi connectivity index (χ2v) is 6.04. The zero-order chi connectivity index (χ0) is 13.2. The minimum Gasteiger partial charge on any atom is -0.250 e. The largest absolute Gasteiger partial charge is 0.250 e. The van der Waals surface area contributed by atoms with Crippen LogP contribution in [0.5, 0.6) is 0 Å². The first kappa shape index (κ1) is 14.8. The molecule has 2 nitrogen and oxygen atoms in total. The van der Waals surface area contributed by atoms with Crippen molar-refractivity contribution in [2.24, 2.45) is 0 Å². The van der Waals surface area contributed by atoms with Crippen LogP contribution < -0.4 is 0 Å². The van der Waals surface area contributed by atoms with Gasteiger partial charge in [-0.25, -0.2) is 0 Å². The van der Waals surface area contributed by atoms with Crippen LogP contribution in [0.15, 0.2) is 0 Å². The van der Waals surface area contributed by atoms with Gasteiger partial charge in [0, 0.05) is 11.0 Å². The van der Waals surface area contributed by atoms with Gasteiger partial charge < -0.3 is 0 Å². The summed E-state index contributed by atoms with van der Waals surface area (Å²) in [5, 5.41) is 5.40. The van der Waals surface area contributed by atoms with E-state index in [2.05, 4.69) is 34.6 Å². The number of aromatic nitrogens is 2. The van der Waals surface area contributed by atoms with Gasteiger partial charge in [0.15, 0.2) is 0 Å². The van der Waals surface area contributed by atoms with Gasteiger partial charge in [0.05, 0.1) is 17.6 Å². The normalized spacial score (nSPS) is 12.5. The van der Waals surface area contributed by atoms with Crippen molar-refractivity contribution in [2.45, 2.75) is 64.8 Å². The highest BCUT2D eigenvalue weighted by Gasteiger charge is 2.27. The molecule has 0 aliphatic carbocycles. The topological polar surface area (TPSA) is 17.8 Å². The molecule has 0 aromatic carbocycles. The van der Waals surface area contributed by atoms with Gasteiger partial charge in [0.2, 0.25) is 0 Å². The molecule has 1 heterocycles. The Morgan fingerprint density at radius 3 is 2.06 bits per heavy atom. The highest BCUT2D eigenvalue weighted by atomic mass is 35.5. The van der Waals surface area contributed by atoms with Gasteiger partial charge in [-0.2, -0.15) is 5.10 Å². The molecule has 98 valence electrons. The molecular formula is C13H22Cl2N2. The molecule has 0 aliphatic heterocycles. The molecule has 0 bridgehead atoms. The SMILES string of the molecule is CCC(CC)n1nc(C(C)(C)C)c(CCl)c1Cl. The smallest absolute Gasteiger partial charge is 0.132 e. The molecule has 0 saturated carbocycles. The minimum absolute atomic E-state index is 0.0227. The van der Waals surface area contributed by atoms with Gasteiger partial charge in [0.25, 0.3) is 0 Å². The molecule has 0 spiro atoms. The van der Waals surface area contributed by atoms with E-state index in [1.54, 1.807) is 0 Å². The van der Waals surface area contributed by atoms with Crippen LogP contribution in [-0.4, -0.2) is 9.78 Å². The first-order valence-corrected chi connectivity index (χ1v) is 7.11. The van der Waals surface area contributed by atoms with E-state index < -0.39 is 0 Å². The Morgan fingerprint density at radius 1 is 1.24 bits per heavy atom. The Bertz CT molecular complexity index is 374. The number of nitrogens with zero attached hydrogens (tertiary/aromatic N) is 2. The molecule has 0 N–H and O–H groups in total. The lowest BCUT2D eigenvalue weighted by Crippen LogP contribution is -2.15. The zero-order valence-corrected chi connectivity index (χ0v) is 12.9. The summed E-state index contributed by atoms with van der Waals surface area (Å²) in [6.07, 6.45) is 2.06. The molecule has 0 amide bonds. The van der Waals surface area contributed by atoms with Gasteiger partial charge in [0.1, 0.15) is 5.15 Å². The van der Waals surface area contributed by atoms with Gasteiger partial charge >= 0.3 is 0 Å². The summed E-state index contributed by atoms with van der Waals surface area (Å²) >= 11 is 12.4. The monoisotopic (exact) mass is 276 g/mol. The molecular weight excluding hydrogens is 255 g/mol. The van der Waals surface area contributed by atoms with Gasteiger partial charge in [-0.05, 0) is 12.8 Å². The average Bonchev–Trinajstić information content (AvgIpc) is 2.58. The van der Waals surface area contributed by atoms with Crippen molar-refractivity contribution in [1.82, 2.24) is 9.78 Å². The van der Waals surface area contributed by atoms with Crippen molar-refractivity contribution in [3.63, 3.8) is 0 Å². The summed E-state index contributed by atoms with van der Waals surface area (Å²) < 4.78 is 1.94. The predicted octanol–water partition coefficient (Wildman–Crippen LogP) is 4.93. The standard InChI is InChI=1S/C13H22Cl2N2/c1-6-9(7-2)17-12(15)10(8-14)11(16-17)13(3,4)5/h9H,6-8H2,1-5H3. The minimum atomic E-state index is -0.0227. The summed E-state index contributed by atoms with van der Waals surface area (Å²) in [5.74, 6) is 0.422. The van der Waals surface area contributed by atoms with Crippen molar-refractivity contribution >= 4 is 23.2 Å². The van der Waals surface area contributed by atoms with E-state index in [1.165, 1.54) is 0 Å². The Hall–Kier alpha value is -0.210. The first-order valence-electron chi connectivity index (χ1n) is 6.20. The van der Waals surface area contributed by atoms with Gasteiger partial charge in [-0.3, -0.25) is 4.68 Å². The lowest BCUT2D eigenvalue weighted by molar-refractivity contribution is 0.417. The van der Waals surface area contributed by atoms with E-state index in [-0.39, 0.29) is 5.41 Å². The van der Waals surface area contributed by atoms with Crippen LogP contribution >= 0.6 is 23.2 Å². The third kappa shape index (κ3) is 2.97. The predicted molar refractivity (Wildman–Crippen MR) is 75.1 cm³/mol. The number of halogens is 2. The van der Waals surface area contributed by atoms with Crippen molar-refractivity contribution in [1.29, 1.82) is 0 Å². The zero-order valence-electron chi connectivity index (χ0n) is 11.3. The quantitative estimate of drug-likeness (QED) is 0.713. The van der Waals surface area contributed by atoms with Crippen molar-refractivity contribution in [3.05, 3.63) is 16.4 Å². The summed E-state index contributed by atoms with van der Waals surface area (Å²) in [6, 6.07) is 0.362.